The highest BCUT2D eigenvalue weighted by atomic mass is 79.9. The van der Waals surface area contributed by atoms with Crippen LogP contribution in [0.5, 0.6) is 0 Å². The van der Waals surface area contributed by atoms with Gasteiger partial charge in [-0.25, -0.2) is 4.98 Å². The van der Waals surface area contributed by atoms with Crippen LogP contribution in [0.25, 0.3) is 22.6 Å². The van der Waals surface area contributed by atoms with Gasteiger partial charge in [-0.2, -0.15) is 0 Å². The molecule has 6 heteroatoms. The summed E-state index contributed by atoms with van der Waals surface area (Å²) in [6, 6.07) is 7.82. The molecule has 3 aromatic rings. The van der Waals surface area contributed by atoms with E-state index in [2.05, 4.69) is 26.1 Å². The summed E-state index contributed by atoms with van der Waals surface area (Å²) >= 11 is 5.09. The first-order valence-corrected chi connectivity index (χ1v) is 7.26. The number of halogens is 1. The van der Waals surface area contributed by atoms with Gasteiger partial charge in [0.25, 0.3) is 0 Å². The molecule has 0 bridgehead atoms. The number of aromatic nitrogens is 2. The van der Waals surface area contributed by atoms with E-state index in [1.807, 2.05) is 36.6 Å². The summed E-state index contributed by atoms with van der Waals surface area (Å²) in [5, 5.41) is 6.78. The fourth-order valence-corrected chi connectivity index (χ4v) is 2.95. The molecule has 2 N–H and O–H groups in total. The van der Waals surface area contributed by atoms with Gasteiger partial charge in [0.15, 0.2) is 11.6 Å². The van der Waals surface area contributed by atoms with Crippen LogP contribution >= 0.6 is 27.3 Å². The molecule has 0 saturated heterocycles. The lowest BCUT2D eigenvalue weighted by atomic mass is 10.0. The first-order valence-electron chi connectivity index (χ1n) is 5.59. The van der Waals surface area contributed by atoms with E-state index in [0.717, 1.165) is 26.3 Å². The standard InChI is InChI=1S/C13H10BrN3OS/c1-7-16-10(6-19-7)12-11(13(15)17-18-12)8-4-2-3-5-9(8)14/h2-6H,1H3,(H2,15,17). The number of rotatable bonds is 2. The summed E-state index contributed by atoms with van der Waals surface area (Å²) in [6.45, 7) is 1.95. The molecule has 2 aromatic heterocycles. The van der Waals surface area contributed by atoms with Crippen molar-refractivity contribution in [1.82, 2.24) is 10.1 Å². The molecule has 0 aliphatic rings. The lowest BCUT2D eigenvalue weighted by molar-refractivity contribution is 0.435. The van der Waals surface area contributed by atoms with Crippen molar-refractivity contribution in [3.05, 3.63) is 39.1 Å². The summed E-state index contributed by atoms with van der Waals surface area (Å²) in [6.07, 6.45) is 0. The number of hydrogen-bond donors (Lipinski definition) is 1. The summed E-state index contributed by atoms with van der Waals surface area (Å²) in [5.41, 5.74) is 8.42. The van der Waals surface area contributed by atoms with Crippen LogP contribution in [0.4, 0.5) is 5.82 Å². The van der Waals surface area contributed by atoms with Gasteiger partial charge in [-0.15, -0.1) is 11.3 Å². The third-order valence-corrected chi connectivity index (χ3v) is 4.18. The second kappa shape index (κ2) is 4.79. The number of benzene rings is 1. The lowest BCUT2D eigenvalue weighted by Crippen LogP contribution is -1.89. The van der Waals surface area contributed by atoms with Gasteiger partial charge in [-0.05, 0) is 13.0 Å². The minimum atomic E-state index is 0.368. The molecule has 4 nitrogen and oxygen atoms in total. The number of anilines is 1. The first kappa shape index (κ1) is 12.4. The van der Waals surface area contributed by atoms with Crippen molar-refractivity contribution in [2.45, 2.75) is 6.92 Å². The Morgan fingerprint density at radius 1 is 1.32 bits per heavy atom. The maximum atomic E-state index is 5.94. The van der Waals surface area contributed by atoms with E-state index in [1.54, 1.807) is 11.3 Å². The molecule has 0 amide bonds. The van der Waals surface area contributed by atoms with Crippen molar-refractivity contribution < 1.29 is 4.52 Å². The second-order valence-corrected chi connectivity index (χ2v) is 5.92. The van der Waals surface area contributed by atoms with Crippen LogP contribution in [0.1, 0.15) is 5.01 Å². The van der Waals surface area contributed by atoms with Gasteiger partial charge in [0.05, 0.1) is 10.6 Å². The van der Waals surface area contributed by atoms with Gasteiger partial charge in [0.2, 0.25) is 0 Å². The molecule has 1 aromatic carbocycles. The van der Waals surface area contributed by atoms with E-state index in [9.17, 15) is 0 Å². The number of hydrogen-bond acceptors (Lipinski definition) is 5. The zero-order valence-electron chi connectivity index (χ0n) is 10.1. The summed E-state index contributed by atoms with van der Waals surface area (Å²) in [4.78, 5) is 4.42. The predicted octanol–water partition coefficient (Wildman–Crippen LogP) is 4.12. The van der Waals surface area contributed by atoms with E-state index >= 15 is 0 Å². The number of aryl methyl sites for hydroxylation is 1. The third-order valence-electron chi connectivity index (χ3n) is 2.71. The molecular formula is C13H10BrN3OS. The maximum absolute atomic E-state index is 5.94. The van der Waals surface area contributed by atoms with E-state index in [4.69, 9.17) is 10.3 Å². The zero-order chi connectivity index (χ0) is 13.4. The van der Waals surface area contributed by atoms with Crippen molar-refractivity contribution >= 4 is 33.1 Å². The Labute approximate surface area is 122 Å². The molecule has 0 unspecified atom stereocenters. The molecule has 0 atom stereocenters. The van der Waals surface area contributed by atoms with Gasteiger partial charge >= 0.3 is 0 Å². The SMILES string of the molecule is Cc1nc(-c2onc(N)c2-c2ccccc2Br)cs1. The highest BCUT2D eigenvalue weighted by Gasteiger charge is 2.20. The molecule has 0 fully saturated rings. The summed E-state index contributed by atoms with van der Waals surface area (Å²) < 4.78 is 6.30. The van der Waals surface area contributed by atoms with Crippen molar-refractivity contribution in [3.8, 4) is 22.6 Å². The Bertz CT molecular complexity index is 735. The van der Waals surface area contributed by atoms with Crippen molar-refractivity contribution in [2.75, 3.05) is 5.73 Å². The number of nitrogens with two attached hydrogens (primary N) is 1. The minimum Gasteiger partial charge on any atom is -0.380 e. The summed E-state index contributed by atoms with van der Waals surface area (Å²) in [7, 11) is 0. The largest absolute Gasteiger partial charge is 0.380 e. The minimum absolute atomic E-state index is 0.368. The quantitative estimate of drug-likeness (QED) is 0.765. The van der Waals surface area contributed by atoms with Crippen LogP contribution in [0.3, 0.4) is 0 Å². The molecular weight excluding hydrogens is 326 g/mol. The fourth-order valence-electron chi connectivity index (χ4n) is 1.87. The zero-order valence-corrected chi connectivity index (χ0v) is 12.5. The van der Waals surface area contributed by atoms with Gasteiger partial charge < -0.3 is 10.3 Å². The molecule has 0 spiro atoms. The molecule has 2 heterocycles. The number of nitrogen functional groups attached to an aromatic ring is 1. The van der Waals surface area contributed by atoms with E-state index < -0.39 is 0 Å². The van der Waals surface area contributed by atoms with Gasteiger partial charge in [0, 0.05) is 15.4 Å². The Hall–Kier alpha value is -1.66. The average Bonchev–Trinajstić information content (AvgIpc) is 2.96. The Morgan fingerprint density at radius 2 is 2.11 bits per heavy atom. The van der Waals surface area contributed by atoms with Gasteiger partial charge in [-0.3, -0.25) is 0 Å². The molecule has 96 valence electrons. The molecule has 0 aliphatic carbocycles. The number of nitrogens with zero attached hydrogens (tertiary/aromatic N) is 2. The lowest BCUT2D eigenvalue weighted by Gasteiger charge is -2.03. The van der Waals surface area contributed by atoms with Crippen LogP contribution < -0.4 is 5.73 Å². The number of thiazole rings is 1. The van der Waals surface area contributed by atoms with E-state index in [0.29, 0.717) is 11.6 Å². The molecule has 3 rings (SSSR count). The predicted molar refractivity (Wildman–Crippen MR) is 79.9 cm³/mol. The smallest absolute Gasteiger partial charge is 0.196 e. The highest BCUT2D eigenvalue weighted by molar-refractivity contribution is 9.10. The molecule has 19 heavy (non-hydrogen) atoms. The van der Waals surface area contributed by atoms with Crippen molar-refractivity contribution in [1.29, 1.82) is 0 Å². The van der Waals surface area contributed by atoms with Crippen LogP contribution in [0.15, 0.2) is 38.6 Å². The van der Waals surface area contributed by atoms with Crippen LogP contribution in [0, 0.1) is 6.92 Å². The Morgan fingerprint density at radius 3 is 2.79 bits per heavy atom. The fraction of sp³-hybridized carbons (Fsp3) is 0.0769. The molecule has 0 aliphatic heterocycles. The second-order valence-electron chi connectivity index (χ2n) is 4.00. The van der Waals surface area contributed by atoms with E-state index in [-0.39, 0.29) is 0 Å². The molecule has 0 radical (unpaired) electrons. The Kier molecular flexibility index (Phi) is 3.12. The normalized spacial score (nSPS) is 10.8. The summed E-state index contributed by atoms with van der Waals surface area (Å²) in [5.74, 6) is 0.973. The highest BCUT2D eigenvalue weighted by Crippen LogP contribution is 2.39. The van der Waals surface area contributed by atoms with Gasteiger partial charge in [-0.1, -0.05) is 39.3 Å². The topological polar surface area (TPSA) is 64.9 Å². The van der Waals surface area contributed by atoms with Crippen molar-refractivity contribution in [3.63, 3.8) is 0 Å². The monoisotopic (exact) mass is 335 g/mol. The van der Waals surface area contributed by atoms with Crippen molar-refractivity contribution in [2.24, 2.45) is 0 Å². The first-order chi connectivity index (χ1) is 9.16. The maximum Gasteiger partial charge on any atom is 0.196 e. The van der Waals surface area contributed by atoms with Gasteiger partial charge in [0.1, 0.15) is 5.69 Å². The third kappa shape index (κ3) is 2.17. The van der Waals surface area contributed by atoms with Crippen LogP contribution in [-0.2, 0) is 0 Å². The Balaban J connectivity index is 2.22. The van der Waals surface area contributed by atoms with Crippen LogP contribution in [0.2, 0.25) is 0 Å². The average molecular weight is 336 g/mol. The van der Waals surface area contributed by atoms with E-state index in [1.165, 1.54) is 0 Å². The van der Waals surface area contributed by atoms with Crippen LogP contribution in [-0.4, -0.2) is 10.1 Å². The molecule has 0 saturated carbocycles.